The van der Waals surface area contributed by atoms with Crippen molar-refractivity contribution in [1.29, 1.82) is 0 Å². The summed E-state index contributed by atoms with van der Waals surface area (Å²) in [5.41, 5.74) is 6.77. The van der Waals surface area contributed by atoms with Crippen molar-refractivity contribution in [2.24, 2.45) is 5.92 Å². The first-order chi connectivity index (χ1) is 12.3. The van der Waals surface area contributed by atoms with Crippen molar-refractivity contribution in [3.05, 3.63) is 29.3 Å². The molecule has 26 heavy (non-hydrogen) atoms. The van der Waals surface area contributed by atoms with E-state index in [4.69, 9.17) is 17.0 Å². The molecule has 0 atom stereocenters. The number of ketones is 1. The van der Waals surface area contributed by atoms with Gasteiger partial charge < -0.3 is 10.1 Å². The quantitative estimate of drug-likeness (QED) is 0.336. The first-order valence-electron chi connectivity index (χ1n) is 8.41. The highest BCUT2D eigenvalue weighted by Gasteiger charge is 2.09. The molecule has 1 amide bonds. The summed E-state index contributed by atoms with van der Waals surface area (Å²) < 4.78 is 5.31. The van der Waals surface area contributed by atoms with Gasteiger partial charge in [-0.3, -0.25) is 20.4 Å². The molecular formula is C18H27N3O3S2. The van der Waals surface area contributed by atoms with Crippen molar-refractivity contribution in [3.8, 4) is 5.75 Å². The third-order valence-corrected chi connectivity index (χ3v) is 4.73. The monoisotopic (exact) mass is 397 g/mol. The normalized spacial score (nSPS) is 10.3. The van der Waals surface area contributed by atoms with Crippen molar-refractivity contribution < 1.29 is 14.3 Å². The average Bonchev–Trinajstić information content (AvgIpc) is 2.59. The van der Waals surface area contributed by atoms with E-state index in [9.17, 15) is 9.59 Å². The molecular weight excluding hydrogens is 370 g/mol. The van der Waals surface area contributed by atoms with Gasteiger partial charge in [0.1, 0.15) is 5.75 Å². The van der Waals surface area contributed by atoms with E-state index in [-0.39, 0.29) is 17.4 Å². The SMILES string of the molecule is COc1ccc(C(C)=O)cc1CSCC(=O)NNC(=S)NCCC(C)C. The Bertz CT molecular complexity index is 636. The molecule has 1 aromatic carbocycles. The third kappa shape index (κ3) is 8.53. The predicted molar refractivity (Wildman–Crippen MR) is 110 cm³/mol. The zero-order valence-electron chi connectivity index (χ0n) is 15.7. The molecule has 0 saturated carbocycles. The number of benzene rings is 1. The van der Waals surface area contributed by atoms with Crippen LogP contribution >= 0.6 is 24.0 Å². The number of thiocarbonyl (C=S) groups is 1. The second kappa shape index (κ2) is 11.7. The van der Waals surface area contributed by atoms with Crippen molar-refractivity contribution >= 4 is 40.8 Å². The van der Waals surface area contributed by atoms with Gasteiger partial charge in [-0.1, -0.05) is 13.8 Å². The lowest BCUT2D eigenvalue weighted by molar-refractivity contribution is -0.119. The zero-order chi connectivity index (χ0) is 19.5. The van der Waals surface area contributed by atoms with Crippen LogP contribution in [0.5, 0.6) is 5.75 Å². The lowest BCUT2D eigenvalue weighted by atomic mass is 10.1. The Morgan fingerprint density at radius 1 is 1.27 bits per heavy atom. The van der Waals surface area contributed by atoms with Gasteiger partial charge >= 0.3 is 0 Å². The fraction of sp³-hybridized carbons (Fsp3) is 0.500. The highest BCUT2D eigenvalue weighted by molar-refractivity contribution is 7.99. The molecule has 0 bridgehead atoms. The number of hydrazine groups is 1. The summed E-state index contributed by atoms with van der Waals surface area (Å²) in [7, 11) is 1.58. The Hall–Kier alpha value is -1.80. The maximum absolute atomic E-state index is 11.9. The van der Waals surface area contributed by atoms with E-state index in [1.165, 1.54) is 18.7 Å². The standard InChI is InChI=1S/C18H27N3O3S2/c1-12(2)7-8-19-18(25)21-20-17(23)11-26-10-15-9-14(13(3)22)5-6-16(15)24-4/h5-6,9,12H,7-8,10-11H2,1-4H3,(H,20,23)(H2,19,21,25). The van der Waals surface area contributed by atoms with Crippen LogP contribution in [0.2, 0.25) is 0 Å². The van der Waals surface area contributed by atoms with E-state index in [1.54, 1.807) is 25.3 Å². The van der Waals surface area contributed by atoms with Gasteiger partial charge in [-0.15, -0.1) is 11.8 Å². The molecule has 0 aliphatic carbocycles. The molecule has 8 heteroatoms. The molecule has 0 heterocycles. The first kappa shape index (κ1) is 22.2. The number of rotatable bonds is 9. The Labute approximate surface area is 164 Å². The molecule has 144 valence electrons. The van der Waals surface area contributed by atoms with Crippen LogP contribution in [0.15, 0.2) is 18.2 Å². The van der Waals surface area contributed by atoms with Crippen LogP contribution in [0.3, 0.4) is 0 Å². The number of methoxy groups -OCH3 is 1. The van der Waals surface area contributed by atoms with E-state index in [0.717, 1.165) is 18.5 Å². The van der Waals surface area contributed by atoms with Crippen LogP contribution in [0.4, 0.5) is 0 Å². The van der Waals surface area contributed by atoms with Gasteiger partial charge in [0.15, 0.2) is 10.9 Å². The number of Topliss-reactive ketones (excluding diaryl/α,β-unsaturated/α-hetero) is 1. The van der Waals surface area contributed by atoms with Gasteiger partial charge in [0.25, 0.3) is 0 Å². The summed E-state index contributed by atoms with van der Waals surface area (Å²) in [5.74, 6) is 1.94. The number of nitrogens with one attached hydrogen (secondary N) is 3. The van der Waals surface area contributed by atoms with Crippen molar-refractivity contribution in [3.63, 3.8) is 0 Å². The van der Waals surface area contributed by atoms with Crippen LogP contribution in [0, 0.1) is 5.92 Å². The highest BCUT2D eigenvalue weighted by Crippen LogP contribution is 2.24. The van der Waals surface area contributed by atoms with E-state index in [0.29, 0.717) is 28.1 Å². The largest absolute Gasteiger partial charge is 0.496 e. The van der Waals surface area contributed by atoms with Crippen LogP contribution in [-0.4, -0.2) is 36.2 Å². The van der Waals surface area contributed by atoms with Gasteiger partial charge in [0.05, 0.1) is 12.9 Å². The van der Waals surface area contributed by atoms with Crippen LogP contribution in [0.25, 0.3) is 0 Å². The topological polar surface area (TPSA) is 79.5 Å². The van der Waals surface area contributed by atoms with Gasteiger partial charge in [-0.25, -0.2) is 0 Å². The summed E-state index contributed by atoms with van der Waals surface area (Å²) in [6, 6.07) is 5.31. The van der Waals surface area contributed by atoms with Gasteiger partial charge in [0.2, 0.25) is 5.91 Å². The fourth-order valence-corrected chi connectivity index (χ4v) is 3.00. The van der Waals surface area contributed by atoms with Crippen molar-refractivity contribution in [2.75, 3.05) is 19.4 Å². The number of hydrogen-bond acceptors (Lipinski definition) is 5. The van der Waals surface area contributed by atoms with E-state index >= 15 is 0 Å². The molecule has 6 nitrogen and oxygen atoms in total. The molecule has 0 unspecified atom stereocenters. The number of carbonyl (C=O) groups excluding carboxylic acids is 2. The highest BCUT2D eigenvalue weighted by atomic mass is 32.2. The molecule has 0 aromatic heterocycles. The van der Waals surface area contributed by atoms with E-state index in [2.05, 4.69) is 30.0 Å². The molecule has 0 aliphatic rings. The average molecular weight is 398 g/mol. The number of ether oxygens (including phenoxy) is 1. The summed E-state index contributed by atoms with van der Waals surface area (Å²) >= 11 is 6.52. The number of amides is 1. The minimum absolute atomic E-state index is 0.000625. The molecule has 1 rings (SSSR count). The first-order valence-corrected chi connectivity index (χ1v) is 9.98. The number of hydrogen-bond donors (Lipinski definition) is 3. The van der Waals surface area contributed by atoms with Crippen molar-refractivity contribution in [1.82, 2.24) is 16.2 Å². The van der Waals surface area contributed by atoms with E-state index < -0.39 is 0 Å². The minimum Gasteiger partial charge on any atom is -0.496 e. The Kier molecular flexibility index (Phi) is 10.0. The maximum Gasteiger partial charge on any atom is 0.248 e. The number of carbonyl (C=O) groups is 2. The number of thioether (sulfide) groups is 1. The minimum atomic E-state index is -0.176. The van der Waals surface area contributed by atoms with E-state index in [1.807, 2.05) is 0 Å². The smallest absolute Gasteiger partial charge is 0.248 e. The second-order valence-electron chi connectivity index (χ2n) is 6.19. The third-order valence-electron chi connectivity index (χ3n) is 3.50. The second-order valence-corrected chi connectivity index (χ2v) is 7.58. The van der Waals surface area contributed by atoms with Crippen LogP contribution in [-0.2, 0) is 10.5 Å². The van der Waals surface area contributed by atoms with Gasteiger partial charge in [0, 0.05) is 23.4 Å². The molecule has 0 spiro atoms. The molecule has 0 saturated heterocycles. The molecule has 1 aromatic rings. The van der Waals surface area contributed by atoms with Crippen LogP contribution in [0.1, 0.15) is 43.1 Å². The summed E-state index contributed by atoms with van der Waals surface area (Å²) in [4.78, 5) is 23.4. The lowest BCUT2D eigenvalue weighted by Crippen LogP contribution is -2.47. The van der Waals surface area contributed by atoms with Gasteiger partial charge in [-0.2, -0.15) is 0 Å². The Morgan fingerprint density at radius 3 is 2.62 bits per heavy atom. The molecule has 0 fully saturated rings. The molecule has 3 N–H and O–H groups in total. The van der Waals surface area contributed by atoms with Crippen LogP contribution < -0.4 is 20.9 Å². The Morgan fingerprint density at radius 2 is 2.00 bits per heavy atom. The predicted octanol–water partition coefficient (Wildman–Crippen LogP) is 2.67. The summed E-state index contributed by atoms with van der Waals surface area (Å²) in [5, 5.41) is 3.44. The maximum atomic E-state index is 11.9. The summed E-state index contributed by atoms with van der Waals surface area (Å²) in [6.45, 7) is 6.56. The van der Waals surface area contributed by atoms with Gasteiger partial charge in [-0.05, 0) is 49.7 Å². The zero-order valence-corrected chi connectivity index (χ0v) is 17.3. The molecule has 0 radical (unpaired) electrons. The summed E-state index contributed by atoms with van der Waals surface area (Å²) in [6.07, 6.45) is 1.01. The van der Waals surface area contributed by atoms with Crippen molar-refractivity contribution in [2.45, 2.75) is 32.9 Å². The Balaban J connectivity index is 2.36. The fourth-order valence-electron chi connectivity index (χ4n) is 2.05. The lowest BCUT2D eigenvalue weighted by Gasteiger charge is -2.13. The molecule has 0 aliphatic heterocycles.